The van der Waals surface area contributed by atoms with E-state index in [2.05, 4.69) is 20.2 Å². The van der Waals surface area contributed by atoms with E-state index in [1.165, 1.54) is 0 Å². The predicted octanol–water partition coefficient (Wildman–Crippen LogP) is 2.61. The van der Waals surface area contributed by atoms with Crippen LogP contribution in [0.15, 0.2) is 54.1 Å². The maximum Gasteiger partial charge on any atom is 0.191 e. The van der Waals surface area contributed by atoms with Crippen molar-refractivity contribution in [2.24, 2.45) is 7.05 Å². The SMILES string of the molecule is Cn1c(SCCc2ccccn2)nnc1-c1cccnc1. The third-order valence-electron chi connectivity index (χ3n) is 3.07. The van der Waals surface area contributed by atoms with E-state index in [-0.39, 0.29) is 0 Å². The van der Waals surface area contributed by atoms with Gasteiger partial charge in [0.1, 0.15) is 0 Å². The lowest BCUT2D eigenvalue weighted by atomic mass is 10.3. The first-order chi connectivity index (χ1) is 10.3. The van der Waals surface area contributed by atoms with Gasteiger partial charge >= 0.3 is 0 Å². The van der Waals surface area contributed by atoms with Crippen LogP contribution in [-0.4, -0.2) is 30.5 Å². The molecule has 0 fully saturated rings. The van der Waals surface area contributed by atoms with Crippen molar-refractivity contribution in [3.63, 3.8) is 0 Å². The van der Waals surface area contributed by atoms with Crippen LogP contribution < -0.4 is 0 Å². The van der Waals surface area contributed by atoms with Gasteiger partial charge in [0, 0.05) is 42.6 Å². The molecule has 0 spiro atoms. The molecule has 3 heterocycles. The van der Waals surface area contributed by atoms with Crippen LogP contribution >= 0.6 is 11.8 Å². The topological polar surface area (TPSA) is 56.5 Å². The van der Waals surface area contributed by atoms with E-state index in [1.54, 1.807) is 24.2 Å². The summed E-state index contributed by atoms with van der Waals surface area (Å²) in [4.78, 5) is 8.44. The highest BCUT2D eigenvalue weighted by Crippen LogP contribution is 2.22. The van der Waals surface area contributed by atoms with Crippen molar-refractivity contribution in [3.05, 3.63) is 54.6 Å². The van der Waals surface area contributed by atoms with Crippen LogP contribution in [0.25, 0.3) is 11.4 Å². The number of thioether (sulfide) groups is 1. The molecule has 0 aromatic carbocycles. The zero-order chi connectivity index (χ0) is 14.5. The summed E-state index contributed by atoms with van der Waals surface area (Å²) in [6.07, 6.45) is 6.29. The second-order valence-corrected chi connectivity index (χ2v) is 5.59. The normalized spacial score (nSPS) is 10.7. The summed E-state index contributed by atoms with van der Waals surface area (Å²) in [5.41, 5.74) is 2.07. The molecule has 0 aliphatic rings. The molecular weight excluding hydrogens is 282 g/mol. The Morgan fingerprint density at radius 2 is 2.05 bits per heavy atom. The smallest absolute Gasteiger partial charge is 0.191 e. The summed E-state index contributed by atoms with van der Waals surface area (Å²) in [6.45, 7) is 0. The summed E-state index contributed by atoms with van der Waals surface area (Å²) >= 11 is 1.69. The van der Waals surface area contributed by atoms with E-state index in [4.69, 9.17) is 0 Å². The summed E-state index contributed by atoms with van der Waals surface area (Å²) in [5.74, 6) is 1.76. The minimum Gasteiger partial charge on any atom is -0.305 e. The largest absolute Gasteiger partial charge is 0.305 e. The third kappa shape index (κ3) is 3.28. The second kappa shape index (κ2) is 6.49. The molecule has 0 aliphatic carbocycles. The van der Waals surface area contributed by atoms with Crippen LogP contribution in [0.3, 0.4) is 0 Å². The standard InChI is InChI=1S/C15H15N5S/c1-20-14(12-5-4-8-16-11-12)18-19-15(20)21-10-7-13-6-2-3-9-17-13/h2-6,8-9,11H,7,10H2,1H3. The number of aromatic nitrogens is 5. The van der Waals surface area contributed by atoms with Crippen molar-refractivity contribution in [3.8, 4) is 11.4 Å². The van der Waals surface area contributed by atoms with Crippen LogP contribution in [-0.2, 0) is 13.5 Å². The lowest BCUT2D eigenvalue weighted by molar-refractivity contribution is 0.793. The fourth-order valence-electron chi connectivity index (χ4n) is 1.98. The van der Waals surface area contributed by atoms with Crippen molar-refractivity contribution in [1.29, 1.82) is 0 Å². The van der Waals surface area contributed by atoms with Crippen molar-refractivity contribution >= 4 is 11.8 Å². The van der Waals surface area contributed by atoms with E-state index < -0.39 is 0 Å². The minimum absolute atomic E-state index is 0.837. The Kier molecular flexibility index (Phi) is 4.25. The Labute approximate surface area is 127 Å². The van der Waals surface area contributed by atoms with Crippen LogP contribution in [0.1, 0.15) is 5.69 Å². The van der Waals surface area contributed by atoms with Gasteiger partial charge in [-0.05, 0) is 30.7 Å². The molecule has 0 aliphatic heterocycles. The van der Waals surface area contributed by atoms with E-state index in [0.29, 0.717) is 0 Å². The fourth-order valence-corrected chi connectivity index (χ4v) is 2.85. The average molecular weight is 297 g/mol. The molecular formula is C15H15N5S. The van der Waals surface area contributed by atoms with Crippen molar-refractivity contribution in [2.45, 2.75) is 11.6 Å². The molecule has 3 aromatic heterocycles. The molecule has 0 saturated carbocycles. The average Bonchev–Trinajstić information content (AvgIpc) is 2.90. The van der Waals surface area contributed by atoms with E-state index >= 15 is 0 Å². The Hall–Kier alpha value is -2.21. The number of rotatable bonds is 5. The number of nitrogens with zero attached hydrogens (tertiary/aromatic N) is 5. The first-order valence-corrected chi connectivity index (χ1v) is 7.65. The zero-order valence-corrected chi connectivity index (χ0v) is 12.5. The number of hydrogen-bond donors (Lipinski definition) is 0. The van der Waals surface area contributed by atoms with Crippen LogP contribution in [0, 0.1) is 0 Å². The molecule has 0 amide bonds. The molecule has 6 heteroatoms. The summed E-state index contributed by atoms with van der Waals surface area (Å²) in [6, 6.07) is 9.87. The van der Waals surface area contributed by atoms with Crippen molar-refractivity contribution in [2.75, 3.05) is 5.75 Å². The van der Waals surface area contributed by atoms with Crippen LogP contribution in [0.5, 0.6) is 0 Å². The maximum atomic E-state index is 4.32. The van der Waals surface area contributed by atoms with Gasteiger partial charge < -0.3 is 4.57 Å². The second-order valence-electron chi connectivity index (χ2n) is 4.53. The molecule has 0 saturated heterocycles. The zero-order valence-electron chi connectivity index (χ0n) is 11.7. The van der Waals surface area contributed by atoms with Gasteiger partial charge in [0.15, 0.2) is 11.0 Å². The minimum atomic E-state index is 0.837. The summed E-state index contributed by atoms with van der Waals surface area (Å²) < 4.78 is 2.00. The van der Waals surface area contributed by atoms with Gasteiger partial charge in [-0.2, -0.15) is 0 Å². The van der Waals surface area contributed by atoms with Gasteiger partial charge in [0.05, 0.1) is 0 Å². The highest BCUT2D eigenvalue weighted by atomic mass is 32.2. The molecule has 3 rings (SSSR count). The molecule has 0 radical (unpaired) electrons. The van der Waals surface area contributed by atoms with Gasteiger partial charge in [-0.3, -0.25) is 9.97 Å². The highest BCUT2D eigenvalue weighted by molar-refractivity contribution is 7.99. The highest BCUT2D eigenvalue weighted by Gasteiger charge is 2.11. The van der Waals surface area contributed by atoms with E-state index in [9.17, 15) is 0 Å². The Bertz CT molecular complexity index is 697. The van der Waals surface area contributed by atoms with E-state index in [0.717, 1.165) is 34.4 Å². The third-order valence-corrected chi connectivity index (χ3v) is 4.09. The summed E-state index contributed by atoms with van der Waals surface area (Å²) in [5, 5.41) is 9.41. The quantitative estimate of drug-likeness (QED) is 0.678. The lowest BCUT2D eigenvalue weighted by Gasteiger charge is -2.03. The van der Waals surface area contributed by atoms with Crippen molar-refractivity contribution < 1.29 is 0 Å². The molecule has 0 bridgehead atoms. The predicted molar refractivity (Wildman–Crippen MR) is 82.9 cm³/mol. The number of aryl methyl sites for hydroxylation is 1. The molecule has 3 aromatic rings. The Morgan fingerprint density at radius 1 is 1.10 bits per heavy atom. The lowest BCUT2D eigenvalue weighted by Crippen LogP contribution is -1.97. The van der Waals surface area contributed by atoms with Gasteiger partial charge in [-0.25, -0.2) is 0 Å². The molecule has 106 valence electrons. The monoisotopic (exact) mass is 297 g/mol. The first kappa shape index (κ1) is 13.8. The maximum absolute atomic E-state index is 4.32. The van der Waals surface area contributed by atoms with Gasteiger partial charge in [-0.1, -0.05) is 17.8 Å². The molecule has 5 nitrogen and oxygen atoms in total. The number of pyridine rings is 2. The van der Waals surface area contributed by atoms with Crippen LogP contribution in [0.4, 0.5) is 0 Å². The van der Waals surface area contributed by atoms with Crippen molar-refractivity contribution in [1.82, 2.24) is 24.7 Å². The first-order valence-electron chi connectivity index (χ1n) is 6.67. The Morgan fingerprint density at radius 3 is 2.81 bits per heavy atom. The van der Waals surface area contributed by atoms with Crippen LogP contribution in [0.2, 0.25) is 0 Å². The van der Waals surface area contributed by atoms with E-state index in [1.807, 2.05) is 48.1 Å². The molecule has 0 N–H and O–H groups in total. The Balaban J connectivity index is 1.66. The van der Waals surface area contributed by atoms with Gasteiger partial charge in [0.25, 0.3) is 0 Å². The fraction of sp³-hybridized carbons (Fsp3) is 0.200. The molecule has 21 heavy (non-hydrogen) atoms. The number of hydrogen-bond acceptors (Lipinski definition) is 5. The van der Waals surface area contributed by atoms with Gasteiger partial charge in [-0.15, -0.1) is 10.2 Å². The molecule has 0 unspecified atom stereocenters. The summed E-state index contributed by atoms with van der Waals surface area (Å²) in [7, 11) is 1.98. The van der Waals surface area contributed by atoms with Gasteiger partial charge in [0.2, 0.25) is 0 Å². The molecule has 0 atom stereocenters.